The Hall–Kier alpha value is -5.59. The Kier molecular flexibility index (Phi) is 29.1. The molecule has 10 rings (SSSR count). The van der Waals surface area contributed by atoms with E-state index in [-0.39, 0.29) is 222 Å². The maximum absolute atomic E-state index is 13.2. The predicted octanol–water partition coefficient (Wildman–Crippen LogP) is -6.92. The van der Waals surface area contributed by atoms with Crippen molar-refractivity contribution >= 4 is 143 Å². The van der Waals surface area contributed by atoms with Crippen molar-refractivity contribution in [1.82, 2.24) is 0 Å². The Labute approximate surface area is 651 Å². The summed E-state index contributed by atoms with van der Waals surface area (Å²) in [5, 5.41) is 89.5. The summed E-state index contributed by atoms with van der Waals surface area (Å²) in [5.74, 6) is -4.94. The number of Topliss-reactive ketones (excluding diaryl/α,β-unsaturated/α-hetero) is 2. The predicted molar refractivity (Wildman–Crippen MR) is 304 cm³/mol. The Morgan fingerprint density at radius 3 is 1.09 bits per heavy atom. The van der Waals surface area contributed by atoms with Gasteiger partial charge in [-0.3, -0.25) is 40.7 Å². The van der Waals surface area contributed by atoms with Crippen LogP contribution < -0.4 is 159 Å². The minimum Gasteiger partial charge on any atom is -0.744 e. The standard InChI is InChI=1S/2C26H17N5O11S2.Cr.5Na/c2*32-21-8-5-13-3-1-2-4-17(13)23(21)29-27-15-6-7-18-14(9-15)10-22(44(40,41)42)24(25(18)33)30-28-19-11-16(43(37,38)39)12-20(26(19)34)31(35)36;;;;;;/h2*1-12,28,32,34H,(H,37,38,39)(H,40,41,42);;;;;;/q;;+3;5*+1/p-4. The van der Waals surface area contributed by atoms with Crippen molar-refractivity contribution in [3.63, 3.8) is 0 Å². The van der Waals surface area contributed by atoms with Gasteiger partial charge in [0.05, 0.1) is 40.8 Å². The van der Waals surface area contributed by atoms with E-state index in [1.165, 1.54) is 48.5 Å². The Bertz CT molecular complexity index is 4810. The van der Waals surface area contributed by atoms with Crippen LogP contribution in [0.4, 0.5) is 45.5 Å². The third-order valence-corrected chi connectivity index (χ3v) is 15.9. The maximum atomic E-state index is 13.2. The summed E-state index contributed by atoms with van der Waals surface area (Å²) in [5.41, 5.74) is -2.21. The normalized spacial score (nSPS) is 13.6. The molecule has 0 bridgehead atoms. The third kappa shape index (κ3) is 18.5. The van der Waals surface area contributed by atoms with E-state index < -0.39 is 127 Å². The molecule has 0 amide bonds. The van der Waals surface area contributed by atoms with E-state index in [9.17, 15) is 102 Å². The van der Waals surface area contributed by atoms with Crippen LogP contribution in [0.1, 0.15) is 31.8 Å². The number of benzene rings is 8. The zero-order valence-corrected chi connectivity index (χ0v) is 63.2. The fourth-order valence-corrected chi connectivity index (χ4v) is 10.8. The number of hydrazone groups is 2. The second-order valence-electron chi connectivity index (χ2n) is 18.1. The number of hydrogen-bond acceptors (Lipinski definition) is 30. The average Bonchev–Trinajstić information content (AvgIpc) is 0.780. The number of nitrogens with one attached hydrogen (secondary N) is 2. The van der Waals surface area contributed by atoms with E-state index in [1.54, 1.807) is 60.7 Å². The molecule has 2 aliphatic rings. The number of anilines is 2. The molecule has 0 spiro atoms. The monoisotopic (exact) mass is 1440 g/mol. The van der Waals surface area contributed by atoms with Crippen LogP contribution in [0, 0.1) is 20.2 Å². The molecular weight excluding hydrogens is 1410 g/mol. The average molecular weight is 1440 g/mol. The Morgan fingerprint density at radius 2 is 0.766 bits per heavy atom. The Balaban J connectivity index is 0.000000461. The summed E-state index contributed by atoms with van der Waals surface area (Å²) in [7, 11) is -21.4. The van der Waals surface area contributed by atoms with Crippen molar-refractivity contribution in [3.05, 3.63) is 186 Å². The number of ketones is 2. The molecule has 2 aliphatic carbocycles. The molecule has 0 saturated heterocycles. The van der Waals surface area contributed by atoms with Gasteiger partial charge in [-0.15, -0.1) is 10.2 Å². The fourth-order valence-electron chi connectivity index (χ4n) is 8.44. The number of hydrogen-bond donors (Lipinski definition) is 6. The van der Waals surface area contributed by atoms with Gasteiger partial charge in [0, 0.05) is 34.0 Å². The molecule has 0 aromatic heterocycles. The number of phenolic OH excluding ortho intramolecular Hbond substituents is 4. The van der Waals surface area contributed by atoms with Crippen LogP contribution in [0.5, 0.6) is 23.0 Å². The summed E-state index contributed by atoms with van der Waals surface area (Å²) in [4.78, 5) is 42.0. The summed E-state index contributed by atoms with van der Waals surface area (Å²) < 4.78 is 141. The first-order valence-corrected chi connectivity index (χ1v) is 29.5. The molecular formula is C52H30CrN10Na5O22S4+4. The van der Waals surface area contributed by atoms with Crippen LogP contribution in [0.2, 0.25) is 0 Å². The summed E-state index contributed by atoms with van der Waals surface area (Å²) >= 11 is 0. The number of nitro benzene ring substituents is 2. The molecule has 0 saturated carbocycles. The number of carbonyl (C=O) groups is 2. The molecule has 0 heterocycles. The first-order valence-electron chi connectivity index (χ1n) is 23.9. The number of rotatable bonds is 14. The van der Waals surface area contributed by atoms with Gasteiger partial charge in [0.2, 0.25) is 23.1 Å². The van der Waals surface area contributed by atoms with Crippen molar-refractivity contribution in [2.45, 2.75) is 9.79 Å². The maximum Gasteiger partial charge on any atom is 3.00 e. The van der Waals surface area contributed by atoms with Crippen molar-refractivity contribution in [2.24, 2.45) is 30.7 Å². The number of azo groups is 2. The van der Waals surface area contributed by atoms with Crippen LogP contribution in [0.25, 0.3) is 33.7 Å². The number of fused-ring (bicyclic) bond motifs is 4. The molecule has 0 aliphatic heterocycles. The van der Waals surface area contributed by atoms with Crippen LogP contribution in [0.15, 0.2) is 184 Å². The molecule has 32 nitrogen and oxygen atoms in total. The third-order valence-electron chi connectivity index (χ3n) is 12.5. The molecule has 0 unspecified atom stereocenters. The van der Waals surface area contributed by atoms with Gasteiger partial charge in [0.1, 0.15) is 86.1 Å². The van der Waals surface area contributed by atoms with Crippen molar-refractivity contribution < 1.29 is 257 Å². The molecule has 451 valence electrons. The number of nitrogens with zero attached hydrogens (tertiary/aromatic N) is 8. The van der Waals surface area contributed by atoms with Crippen LogP contribution in [-0.4, -0.2) is 105 Å². The van der Waals surface area contributed by atoms with Gasteiger partial charge in [0.15, 0.2) is 0 Å². The Morgan fingerprint density at radius 1 is 0.426 bits per heavy atom. The first-order chi connectivity index (χ1) is 41.3. The minimum absolute atomic E-state index is 0. The molecule has 94 heavy (non-hydrogen) atoms. The van der Waals surface area contributed by atoms with E-state index >= 15 is 0 Å². The number of aromatic hydroxyl groups is 4. The van der Waals surface area contributed by atoms with Crippen LogP contribution in [0.3, 0.4) is 0 Å². The summed E-state index contributed by atoms with van der Waals surface area (Å²) in [6.45, 7) is 0. The second-order valence-corrected chi connectivity index (χ2v) is 23.5. The molecule has 8 aromatic rings. The van der Waals surface area contributed by atoms with Crippen LogP contribution >= 0.6 is 0 Å². The molecule has 6 N–H and O–H groups in total. The minimum atomic E-state index is -5.40. The van der Waals surface area contributed by atoms with E-state index in [2.05, 4.69) is 30.7 Å². The molecule has 1 radical (unpaired) electrons. The summed E-state index contributed by atoms with van der Waals surface area (Å²) in [6, 6.07) is 29.4. The molecule has 0 fully saturated rings. The number of nitro groups is 2. The van der Waals surface area contributed by atoms with Crippen LogP contribution in [-0.2, 0) is 57.8 Å². The van der Waals surface area contributed by atoms with Gasteiger partial charge in [-0.25, -0.2) is 33.7 Å². The number of phenols is 4. The summed E-state index contributed by atoms with van der Waals surface area (Å²) in [6.07, 6.45) is 1.63. The van der Waals surface area contributed by atoms with E-state index in [0.717, 1.165) is 22.9 Å². The zero-order chi connectivity index (χ0) is 63.9. The molecule has 42 heteroatoms. The molecule has 8 aromatic carbocycles. The van der Waals surface area contributed by atoms with Gasteiger partial charge in [0.25, 0.3) is 0 Å². The van der Waals surface area contributed by atoms with Crippen molar-refractivity contribution in [1.29, 1.82) is 0 Å². The topological polar surface area (TPSA) is 528 Å². The smallest absolute Gasteiger partial charge is 0.744 e. The van der Waals surface area contributed by atoms with E-state index in [0.29, 0.717) is 35.0 Å². The van der Waals surface area contributed by atoms with Crippen molar-refractivity contribution in [3.8, 4) is 23.0 Å². The first kappa shape index (κ1) is 82.6. The second kappa shape index (κ2) is 33.1. The number of carbonyl (C=O) groups excluding carboxylic acids is 2. The van der Waals surface area contributed by atoms with Gasteiger partial charge in [-0.05, 0) is 94.7 Å². The van der Waals surface area contributed by atoms with Crippen molar-refractivity contribution in [2.75, 3.05) is 10.9 Å². The van der Waals surface area contributed by atoms with Gasteiger partial charge < -0.3 is 38.6 Å². The quantitative estimate of drug-likeness (QED) is 0.0147. The molecule has 0 atom stereocenters. The van der Waals surface area contributed by atoms with E-state index in [1.807, 2.05) is 10.9 Å². The van der Waals surface area contributed by atoms with Gasteiger partial charge in [-0.2, -0.15) is 20.4 Å². The van der Waals surface area contributed by atoms with Gasteiger partial charge >= 0.3 is 177 Å². The zero-order valence-electron chi connectivity index (χ0n) is 48.6. The number of allylic oxidation sites excluding steroid dienone is 2. The SMILES string of the molecule is O=C1C(=NNc2cc(S(=O)(=O)[O-])cc([N+](=O)[O-])c2O)C(S(=O)(=O)[O-])=Cc2cc(N=Nc3c(O)ccc4ccccc34)ccc21.O=C1C(=NNc2cc(S(=O)(=O)[O-])cc([N+](=O)[O-])c2O)C(S(=O)(=O)[O-])=Cc2cc(N=Nc3c(O)ccc4ccccc34)ccc21.[Cr+3].[Na+].[Na+].[Na+].[Na+].[Na+]. The largest absolute Gasteiger partial charge is 3.00 e. The van der Waals surface area contributed by atoms with Gasteiger partial charge in [-0.1, -0.05) is 60.7 Å². The van der Waals surface area contributed by atoms with E-state index in [4.69, 9.17) is 0 Å². The fraction of sp³-hybridized carbons (Fsp3) is 0.